The van der Waals surface area contributed by atoms with Crippen LogP contribution in [0.3, 0.4) is 0 Å². The van der Waals surface area contributed by atoms with Crippen LogP contribution in [0.25, 0.3) is 21.9 Å². The zero-order valence-electron chi connectivity index (χ0n) is 11.3. The number of carbonyl (C=O) groups is 1. The van der Waals surface area contributed by atoms with E-state index in [1.807, 2.05) is 24.3 Å². The van der Waals surface area contributed by atoms with E-state index < -0.39 is 6.04 Å². The molecule has 20 heavy (non-hydrogen) atoms. The molecule has 0 radical (unpaired) electrons. The summed E-state index contributed by atoms with van der Waals surface area (Å²) in [6.07, 6.45) is 1.68. The lowest BCUT2D eigenvalue weighted by atomic mass is 10.2. The molecule has 0 saturated heterocycles. The quantitative estimate of drug-likeness (QED) is 0.737. The van der Waals surface area contributed by atoms with Gasteiger partial charge >= 0.3 is 0 Å². The van der Waals surface area contributed by atoms with E-state index in [9.17, 15) is 4.79 Å². The summed E-state index contributed by atoms with van der Waals surface area (Å²) in [6.45, 7) is 1.80. The Morgan fingerprint density at radius 1 is 1.35 bits per heavy atom. The van der Waals surface area contributed by atoms with Crippen molar-refractivity contribution in [3.8, 4) is 0 Å². The molecule has 0 saturated carbocycles. The summed E-state index contributed by atoms with van der Waals surface area (Å²) >= 11 is 0. The van der Waals surface area contributed by atoms with E-state index in [0.29, 0.717) is 11.5 Å². The van der Waals surface area contributed by atoms with Crippen molar-refractivity contribution in [3.05, 3.63) is 30.5 Å². The molecule has 0 aliphatic carbocycles. The molecule has 2 aromatic heterocycles. The van der Waals surface area contributed by atoms with Crippen molar-refractivity contribution < 1.29 is 4.79 Å². The highest BCUT2D eigenvalue weighted by atomic mass is 16.2. The van der Waals surface area contributed by atoms with Crippen molar-refractivity contribution in [2.45, 2.75) is 13.0 Å². The summed E-state index contributed by atoms with van der Waals surface area (Å²) in [5.74, 6) is 0.200. The second-order valence-corrected chi connectivity index (χ2v) is 4.64. The minimum Gasteiger partial charge on any atom is -0.369 e. The largest absolute Gasteiger partial charge is 0.369 e. The lowest BCUT2D eigenvalue weighted by molar-refractivity contribution is -0.123. The first-order chi connectivity index (χ1) is 9.63. The van der Waals surface area contributed by atoms with Gasteiger partial charge < -0.3 is 11.1 Å². The smallest absolute Gasteiger partial charge is 0.242 e. The normalized spacial score (nSPS) is 12.7. The first-order valence-corrected chi connectivity index (χ1v) is 6.36. The Bertz CT molecular complexity index is 808. The van der Waals surface area contributed by atoms with E-state index in [4.69, 9.17) is 5.73 Å². The van der Waals surface area contributed by atoms with Crippen LogP contribution in [0.4, 0.5) is 5.95 Å². The second kappa shape index (κ2) is 4.48. The molecule has 0 spiro atoms. The minimum absolute atomic E-state index is 0.114. The SMILES string of the molecule is CNC(=O)C(C)n1c(N)nc2cnc3ccccc3c21. The van der Waals surface area contributed by atoms with Crippen LogP contribution in [0.2, 0.25) is 0 Å². The topological polar surface area (TPSA) is 85.8 Å². The van der Waals surface area contributed by atoms with Crippen LogP contribution in [-0.2, 0) is 4.79 Å². The van der Waals surface area contributed by atoms with Crippen LogP contribution in [0.5, 0.6) is 0 Å². The van der Waals surface area contributed by atoms with Gasteiger partial charge in [-0.3, -0.25) is 14.3 Å². The number of anilines is 1. The van der Waals surface area contributed by atoms with E-state index in [-0.39, 0.29) is 5.91 Å². The number of amides is 1. The number of imidazole rings is 1. The van der Waals surface area contributed by atoms with Gasteiger partial charge in [0.2, 0.25) is 11.9 Å². The monoisotopic (exact) mass is 269 g/mol. The number of likely N-dealkylation sites (N-methyl/N-ethyl adjacent to an activating group) is 1. The van der Waals surface area contributed by atoms with Gasteiger partial charge in [0.15, 0.2) is 0 Å². The van der Waals surface area contributed by atoms with E-state index in [1.165, 1.54) is 0 Å². The Kier molecular flexibility index (Phi) is 2.78. The van der Waals surface area contributed by atoms with Crippen LogP contribution >= 0.6 is 0 Å². The molecular weight excluding hydrogens is 254 g/mol. The fourth-order valence-corrected chi connectivity index (χ4v) is 2.46. The molecule has 102 valence electrons. The van der Waals surface area contributed by atoms with Gasteiger partial charge in [0.05, 0.1) is 17.2 Å². The van der Waals surface area contributed by atoms with Gasteiger partial charge in [0.25, 0.3) is 0 Å². The highest BCUT2D eigenvalue weighted by molar-refractivity contribution is 6.03. The number of rotatable bonds is 2. The maximum Gasteiger partial charge on any atom is 0.242 e. The van der Waals surface area contributed by atoms with Crippen molar-refractivity contribution in [2.75, 3.05) is 12.8 Å². The predicted molar refractivity (Wildman–Crippen MR) is 78.2 cm³/mol. The fraction of sp³-hybridized carbons (Fsp3) is 0.214. The average molecular weight is 269 g/mol. The molecule has 2 heterocycles. The number of aromatic nitrogens is 3. The first-order valence-electron chi connectivity index (χ1n) is 6.36. The minimum atomic E-state index is -0.434. The zero-order valence-corrected chi connectivity index (χ0v) is 11.3. The number of pyridine rings is 1. The van der Waals surface area contributed by atoms with E-state index in [2.05, 4.69) is 15.3 Å². The number of hydrogen-bond acceptors (Lipinski definition) is 4. The number of fused-ring (bicyclic) bond motifs is 3. The molecule has 1 amide bonds. The number of nitrogens with two attached hydrogens (primary N) is 1. The summed E-state index contributed by atoms with van der Waals surface area (Å²) in [7, 11) is 1.60. The average Bonchev–Trinajstić information content (AvgIpc) is 2.82. The van der Waals surface area contributed by atoms with E-state index >= 15 is 0 Å². The number of nitrogen functional groups attached to an aromatic ring is 1. The summed E-state index contributed by atoms with van der Waals surface area (Å²) < 4.78 is 1.75. The molecular formula is C14H15N5O. The molecule has 6 heteroatoms. The number of para-hydroxylation sites is 1. The van der Waals surface area contributed by atoms with Gasteiger partial charge in [-0.15, -0.1) is 0 Å². The number of carbonyl (C=O) groups excluding carboxylic acids is 1. The van der Waals surface area contributed by atoms with Crippen molar-refractivity contribution in [1.29, 1.82) is 0 Å². The molecule has 0 aliphatic heterocycles. The Hall–Kier alpha value is -2.63. The standard InChI is InChI=1S/C14H15N5O/c1-8(13(20)16-2)19-12-9-5-3-4-6-10(9)17-7-11(12)18-14(19)15/h3-8H,1-2H3,(H2,15,18)(H,16,20). The fourth-order valence-electron chi connectivity index (χ4n) is 2.46. The lowest BCUT2D eigenvalue weighted by Crippen LogP contribution is -2.28. The third kappa shape index (κ3) is 1.69. The Balaban J connectivity index is 2.38. The van der Waals surface area contributed by atoms with Gasteiger partial charge in [-0.05, 0) is 13.0 Å². The van der Waals surface area contributed by atoms with Crippen molar-refractivity contribution in [2.24, 2.45) is 0 Å². The lowest BCUT2D eigenvalue weighted by Gasteiger charge is -2.15. The highest BCUT2D eigenvalue weighted by Gasteiger charge is 2.21. The number of benzene rings is 1. The molecule has 3 rings (SSSR count). The molecule has 3 N–H and O–H groups in total. The Labute approximate surface area is 115 Å². The first kappa shape index (κ1) is 12.4. The van der Waals surface area contributed by atoms with Gasteiger partial charge in [0, 0.05) is 12.4 Å². The molecule has 6 nitrogen and oxygen atoms in total. The van der Waals surface area contributed by atoms with Crippen molar-refractivity contribution in [1.82, 2.24) is 19.9 Å². The molecule has 3 aromatic rings. The van der Waals surface area contributed by atoms with Gasteiger partial charge in [0.1, 0.15) is 11.6 Å². The van der Waals surface area contributed by atoms with Gasteiger partial charge in [-0.25, -0.2) is 4.98 Å². The Morgan fingerprint density at radius 2 is 2.10 bits per heavy atom. The number of nitrogens with zero attached hydrogens (tertiary/aromatic N) is 3. The van der Waals surface area contributed by atoms with Gasteiger partial charge in [-0.1, -0.05) is 18.2 Å². The molecule has 0 fully saturated rings. The van der Waals surface area contributed by atoms with Crippen LogP contribution in [-0.4, -0.2) is 27.5 Å². The van der Waals surface area contributed by atoms with Gasteiger partial charge in [-0.2, -0.15) is 0 Å². The van der Waals surface area contributed by atoms with E-state index in [0.717, 1.165) is 16.4 Å². The number of nitrogens with one attached hydrogen (secondary N) is 1. The maximum absolute atomic E-state index is 11.9. The van der Waals surface area contributed by atoms with E-state index in [1.54, 1.807) is 24.7 Å². The van der Waals surface area contributed by atoms with Crippen LogP contribution in [0.15, 0.2) is 30.5 Å². The summed E-state index contributed by atoms with van der Waals surface area (Å²) in [6, 6.07) is 7.30. The molecule has 1 atom stereocenters. The maximum atomic E-state index is 11.9. The van der Waals surface area contributed by atoms with Crippen LogP contribution in [0, 0.1) is 0 Å². The van der Waals surface area contributed by atoms with Crippen LogP contribution < -0.4 is 11.1 Å². The van der Waals surface area contributed by atoms with Crippen molar-refractivity contribution in [3.63, 3.8) is 0 Å². The number of hydrogen-bond donors (Lipinski definition) is 2. The molecule has 0 bridgehead atoms. The van der Waals surface area contributed by atoms with Crippen LogP contribution in [0.1, 0.15) is 13.0 Å². The van der Waals surface area contributed by atoms with Crippen molar-refractivity contribution >= 4 is 33.8 Å². The summed E-state index contributed by atoms with van der Waals surface area (Å²) in [5, 5.41) is 3.57. The summed E-state index contributed by atoms with van der Waals surface area (Å²) in [5.41, 5.74) is 8.36. The highest BCUT2D eigenvalue weighted by Crippen LogP contribution is 2.28. The third-order valence-electron chi connectivity index (χ3n) is 3.46. The summed E-state index contributed by atoms with van der Waals surface area (Å²) in [4.78, 5) is 20.6. The third-order valence-corrected chi connectivity index (χ3v) is 3.46. The zero-order chi connectivity index (χ0) is 14.3. The predicted octanol–water partition coefficient (Wildman–Crippen LogP) is 1.47. The molecule has 0 aliphatic rings. The second-order valence-electron chi connectivity index (χ2n) is 4.64. The Morgan fingerprint density at radius 3 is 2.85 bits per heavy atom. The molecule has 1 unspecified atom stereocenters. The molecule has 1 aromatic carbocycles.